The molecule has 2 bridgehead atoms. The normalized spacial score (nSPS) is 27.4. The molecule has 3 N–H and O–H groups in total. The number of hydrazine groups is 1. The maximum atomic E-state index is 11.9. The molecule has 0 aromatic carbocycles. The van der Waals surface area contributed by atoms with E-state index in [0.29, 0.717) is 16.7 Å². The highest BCUT2D eigenvalue weighted by molar-refractivity contribution is 7.80. The Labute approximate surface area is 128 Å². The first kappa shape index (κ1) is 13.8. The molecule has 2 fully saturated rings. The van der Waals surface area contributed by atoms with Crippen molar-refractivity contribution < 1.29 is 4.79 Å². The van der Waals surface area contributed by atoms with Crippen molar-refractivity contribution >= 4 is 34.6 Å². The van der Waals surface area contributed by atoms with Crippen LogP contribution in [-0.4, -0.2) is 17.1 Å². The van der Waals surface area contributed by atoms with E-state index in [4.69, 9.17) is 12.2 Å². The molecule has 2 aliphatic carbocycles. The van der Waals surface area contributed by atoms with E-state index in [1.807, 2.05) is 18.4 Å². The van der Waals surface area contributed by atoms with Gasteiger partial charge in [-0.2, -0.15) is 0 Å². The van der Waals surface area contributed by atoms with Gasteiger partial charge >= 0.3 is 0 Å². The lowest BCUT2D eigenvalue weighted by Crippen LogP contribution is -2.50. The predicted octanol–water partition coefficient (Wildman–Crippen LogP) is 2.35. The Morgan fingerprint density at radius 2 is 2.20 bits per heavy atom. The number of carbonyl (C=O) groups is 1. The fourth-order valence-electron chi connectivity index (χ4n) is 3.37. The molecule has 1 aromatic rings. The Balaban J connectivity index is 1.44. The van der Waals surface area contributed by atoms with Crippen molar-refractivity contribution in [3.63, 3.8) is 0 Å². The number of fused-ring (bicyclic) bond motifs is 2. The number of thiophene rings is 1. The van der Waals surface area contributed by atoms with Crippen molar-refractivity contribution in [2.45, 2.75) is 38.6 Å². The van der Waals surface area contributed by atoms with Gasteiger partial charge < -0.3 is 5.32 Å². The Morgan fingerprint density at radius 1 is 1.35 bits per heavy atom. The zero-order valence-electron chi connectivity index (χ0n) is 11.4. The average Bonchev–Trinajstić information content (AvgIpc) is 3.12. The summed E-state index contributed by atoms with van der Waals surface area (Å²) < 4.78 is 0. The number of aryl methyl sites for hydroxylation is 1. The van der Waals surface area contributed by atoms with Crippen molar-refractivity contribution in [3.8, 4) is 0 Å². The Morgan fingerprint density at radius 3 is 2.80 bits per heavy atom. The van der Waals surface area contributed by atoms with Crippen LogP contribution in [0.5, 0.6) is 0 Å². The lowest BCUT2D eigenvalue weighted by atomic mass is 9.96. The van der Waals surface area contributed by atoms with E-state index in [1.165, 1.54) is 25.7 Å². The van der Waals surface area contributed by atoms with Gasteiger partial charge in [-0.15, -0.1) is 11.3 Å². The number of hydrogen-bond acceptors (Lipinski definition) is 3. The minimum absolute atomic E-state index is 0.147. The molecule has 2 aliphatic rings. The standard InChI is InChI=1S/C14H19N3OS2/c1-8-4-11(7-20-8)13(18)16-17-14(19)15-12-6-9-2-3-10(12)5-9/h4,7,9-10,12H,2-3,5-6H2,1H3,(H,16,18)(H2,15,17,19)/t9-,10-,12+/m1/s1. The van der Waals surface area contributed by atoms with Crippen LogP contribution >= 0.6 is 23.6 Å². The topological polar surface area (TPSA) is 53.2 Å². The summed E-state index contributed by atoms with van der Waals surface area (Å²) in [6.45, 7) is 1.98. The highest BCUT2D eigenvalue weighted by Gasteiger charge is 2.39. The summed E-state index contributed by atoms with van der Waals surface area (Å²) in [5.41, 5.74) is 6.12. The van der Waals surface area contributed by atoms with Gasteiger partial charge in [-0.1, -0.05) is 6.42 Å². The summed E-state index contributed by atoms with van der Waals surface area (Å²) in [6, 6.07) is 2.35. The zero-order chi connectivity index (χ0) is 14.1. The predicted molar refractivity (Wildman–Crippen MR) is 84.6 cm³/mol. The van der Waals surface area contributed by atoms with Gasteiger partial charge in [0.2, 0.25) is 0 Å². The summed E-state index contributed by atoms with van der Waals surface area (Å²) in [5.74, 6) is 1.49. The molecule has 20 heavy (non-hydrogen) atoms. The maximum Gasteiger partial charge on any atom is 0.270 e. The molecule has 0 unspecified atom stereocenters. The summed E-state index contributed by atoms with van der Waals surface area (Å²) in [7, 11) is 0. The number of amides is 1. The van der Waals surface area contributed by atoms with Gasteiger partial charge in [-0.25, -0.2) is 0 Å². The van der Waals surface area contributed by atoms with Crippen LogP contribution in [0.2, 0.25) is 0 Å². The third kappa shape index (κ3) is 2.96. The summed E-state index contributed by atoms with van der Waals surface area (Å²) in [4.78, 5) is 13.0. The Kier molecular flexibility index (Phi) is 3.94. The molecule has 3 atom stereocenters. The number of hydrogen-bond donors (Lipinski definition) is 3. The molecule has 2 saturated carbocycles. The van der Waals surface area contributed by atoms with E-state index < -0.39 is 0 Å². The summed E-state index contributed by atoms with van der Waals surface area (Å²) in [5, 5.41) is 5.69. The molecule has 0 spiro atoms. The summed E-state index contributed by atoms with van der Waals surface area (Å²) >= 11 is 6.81. The first-order chi connectivity index (χ1) is 9.61. The second kappa shape index (κ2) is 5.69. The number of nitrogens with one attached hydrogen (secondary N) is 3. The monoisotopic (exact) mass is 309 g/mol. The zero-order valence-corrected chi connectivity index (χ0v) is 13.1. The largest absolute Gasteiger partial charge is 0.358 e. The average molecular weight is 309 g/mol. The Bertz CT molecular complexity index is 528. The first-order valence-corrected chi connectivity index (χ1v) is 8.32. The molecule has 1 heterocycles. The minimum atomic E-state index is -0.147. The van der Waals surface area contributed by atoms with Crippen LogP contribution in [0.1, 0.15) is 40.9 Å². The van der Waals surface area contributed by atoms with Crippen LogP contribution in [0, 0.1) is 18.8 Å². The van der Waals surface area contributed by atoms with E-state index in [-0.39, 0.29) is 5.91 Å². The van der Waals surface area contributed by atoms with Gasteiger partial charge in [0.1, 0.15) is 0 Å². The van der Waals surface area contributed by atoms with E-state index in [0.717, 1.165) is 16.7 Å². The second-order valence-electron chi connectivity index (χ2n) is 5.78. The van der Waals surface area contributed by atoms with Crippen LogP contribution in [0.15, 0.2) is 11.4 Å². The fourth-order valence-corrected chi connectivity index (χ4v) is 4.26. The lowest BCUT2D eigenvalue weighted by molar-refractivity contribution is 0.0944. The highest BCUT2D eigenvalue weighted by Crippen LogP contribution is 2.44. The van der Waals surface area contributed by atoms with Gasteiger partial charge in [0, 0.05) is 16.3 Å². The summed E-state index contributed by atoms with van der Waals surface area (Å²) in [6.07, 6.45) is 5.23. The molecule has 0 radical (unpaired) electrons. The molecule has 6 heteroatoms. The van der Waals surface area contributed by atoms with Crippen molar-refractivity contribution in [3.05, 3.63) is 21.9 Å². The quantitative estimate of drug-likeness (QED) is 0.580. The molecule has 1 amide bonds. The van der Waals surface area contributed by atoms with Gasteiger partial charge in [0.05, 0.1) is 5.56 Å². The Hall–Kier alpha value is -1.14. The SMILES string of the molecule is Cc1cc(C(=O)NNC(=S)N[C@H]2C[C@@H]3CC[C@@H]2C3)cs1. The minimum Gasteiger partial charge on any atom is -0.358 e. The molecular weight excluding hydrogens is 290 g/mol. The van der Waals surface area contributed by atoms with Crippen LogP contribution in [0.25, 0.3) is 0 Å². The van der Waals surface area contributed by atoms with Crippen LogP contribution in [0.3, 0.4) is 0 Å². The van der Waals surface area contributed by atoms with E-state index in [9.17, 15) is 4.79 Å². The molecule has 4 nitrogen and oxygen atoms in total. The van der Waals surface area contributed by atoms with Crippen LogP contribution in [0.4, 0.5) is 0 Å². The van der Waals surface area contributed by atoms with Gasteiger partial charge in [-0.3, -0.25) is 15.6 Å². The van der Waals surface area contributed by atoms with Gasteiger partial charge in [0.25, 0.3) is 5.91 Å². The van der Waals surface area contributed by atoms with E-state index in [2.05, 4.69) is 16.2 Å². The van der Waals surface area contributed by atoms with Crippen molar-refractivity contribution in [1.29, 1.82) is 0 Å². The smallest absolute Gasteiger partial charge is 0.270 e. The lowest BCUT2D eigenvalue weighted by Gasteiger charge is -2.24. The first-order valence-electron chi connectivity index (χ1n) is 7.04. The maximum absolute atomic E-state index is 11.9. The fraction of sp³-hybridized carbons (Fsp3) is 0.571. The number of thiocarbonyl (C=S) groups is 1. The third-order valence-corrected chi connectivity index (χ3v) is 5.42. The molecule has 3 rings (SSSR count). The van der Waals surface area contributed by atoms with Crippen molar-refractivity contribution in [2.24, 2.45) is 11.8 Å². The molecule has 1 aromatic heterocycles. The van der Waals surface area contributed by atoms with Crippen molar-refractivity contribution in [2.75, 3.05) is 0 Å². The van der Waals surface area contributed by atoms with Crippen molar-refractivity contribution in [1.82, 2.24) is 16.2 Å². The van der Waals surface area contributed by atoms with Crippen LogP contribution in [-0.2, 0) is 0 Å². The number of rotatable bonds is 2. The molecule has 0 saturated heterocycles. The van der Waals surface area contributed by atoms with E-state index >= 15 is 0 Å². The third-order valence-electron chi connectivity index (χ3n) is 4.34. The van der Waals surface area contributed by atoms with Crippen LogP contribution < -0.4 is 16.2 Å². The molecular formula is C14H19N3OS2. The second-order valence-corrected chi connectivity index (χ2v) is 7.30. The van der Waals surface area contributed by atoms with E-state index in [1.54, 1.807) is 11.3 Å². The molecule has 108 valence electrons. The molecule has 0 aliphatic heterocycles. The number of carbonyl (C=O) groups excluding carboxylic acids is 1. The van der Waals surface area contributed by atoms with Gasteiger partial charge in [0.15, 0.2) is 5.11 Å². The van der Waals surface area contributed by atoms with Gasteiger partial charge in [-0.05, 0) is 56.3 Å². The highest BCUT2D eigenvalue weighted by atomic mass is 32.1.